The fraction of sp³-hybridized carbons (Fsp3) is 0. The lowest BCUT2D eigenvalue weighted by molar-refractivity contribution is 0.366. The summed E-state index contributed by atoms with van der Waals surface area (Å²) in [5, 5.41) is 9.25. The van der Waals surface area contributed by atoms with E-state index >= 15 is 0 Å². The molecule has 0 aliphatic carbocycles. The maximum Gasteiger partial charge on any atom is 0.396 e. The molecule has 1 N–H and O–H groups in total. The molecule has 7 nitrogen and oxygen atoms in total. The Balaban J connectivity index is 0.000000399. The molecule has 3 aromatic rings. The molecule has 0 radical (unpaired) electrons. The Kier molecular flexibility index (Phi) is 5.92. The van der Waals surface area contributed by atoms with E-state index in [9.17, 15) is 5.39 Å². The SMILES string of the molecule is N#[N+]c1ccnc(-c2ccccc2)c1-c1ccccc1.O=S(=O)([O-])O. The van der Waals surface area contributed by atoms with E-state index in [4.69, 9.17) is 17.5 Å². The lowest BCUT2D eigenvalue weighted by atomic mass is 9.98. The third-order valence-electron chi connectivity index (χ3n) is 3.15. The maximum atomic E-state index is 9.25. The molecule has 3 rings (SSSR count). The van der Waals surface area contributed by atoms with Crippen LogP contribution in [-0.2, 0) is 10.4 Å². The van der Waals surface area contributed by atoms with Gasteiger partial charge in [0.25, 0.3) is 0 Å². The molecular formula is C17H13N3O4S. The summed E-state index contributed by atoms with van der Waals surface area (Å²) < 4.78 is 32.8. The summed E-state index contributed by atoms with van der Waals surface area (Å²) in [5.41, 5.74) is 4.14. The maximum absolute atomic E-state index is 9.25. The van der Waals surface area contributed by atoms with Gasteiger partial charge in [-0.15, -0.1) is 0 Å². The fourth-order valence-electron chi connectivity index (χ4n) is 2.24. The van der Waals surface area contributed by atoms with Gasteiger partial charge in [0.05, 0.1) is 11.8 Å². The molecule has 0 fully saturated rings. The summed E-state index contributed by atoms with van der Waals surface area (Å²) in [6.45, 7) is 0. The summed E-state index contributed by atoms with van der Waals surface area (Å²) in [6, 6.07) is 21.4. The van der Waals surface area contributed by atoms with Crippen LogP contribution in [0.2, 0.25) is 0 Å². The second kappa shape index (κ2) is 8.12. The van der Waals surface area contributed by atoms with Gasteiger partial charge in [-0.1, -0.05) is 60.7 Å². The zero-order valence-corrected chi connectivity index (χ0v) is 13.7. The average molecular weight is 355 g/mol. The van der Waals surface area contributed by atoms with E-state index in [1.54, 1.807) is 12.3 Å². The van der Waals surface area contributed by atoms with Crippen molar-refractivity contribution in [3.8, 4) is 22.4 Å². The molecular weight excluding hydrogens is 342 g/mol. The van der Waals surface area contributed by atoms with E-state index in [0.29, 0.717) is 5.69 Å². The highest BCUT2D eigenvalue weighted by atomic mass is 32.3. The van der Waals surface area contributed by atoms with Gasteiger partial charge in [-0.3, -0.25) is 9.54 Å². The van der Waals surface area contributed by atoms with Gasteiger partial charge in [-0.2, -0.15) is 0 Å². The van der Waals surface area contributed by atoms with Crippen LogP contribution in [0.15, 0.2) is 72.9 Å². The average Bonchev–Trinajstić information content (AvgIpc) is 2.61. The van der Waals surface area contributed by atoms with Crippen LogP contribution in [0.25, 0.3) is 27.4 Å². The van der Waals surface area contributed by atoms with Gasteiger partial charge in [-0.25, -0.2) is 8.42 Å². The molecule has 2 aromatic carbocycles. The normalized spacial score (nSPS) is 10.3. The number of pyridine rings is 1. The number of nitrogens with zero attached hydrogens (tertiary/aromatic N) is 3. The van der Waals surface area contributed by atoms with Crippen LogP contribution < -0.4 is 0 Å². The zero-order chi connectivity index (χ0) is 18.3. The van der Waals surface area contributed by atoms with Gasteiger partial charge in [0.15, 0.2) is 4.98 Å². The summed E-state index contributed by atoms with van der Waals surface area (Å²) >= 11 is 0. The van der Waals surface area contributed by atoms with Crippen molar-refractivity contribution >= 4 is 16.1 Å². The second-order valence-electron chi connectivity index (χ2n) is 4.81. The van der Waals surface area contributed by atoms with Crippen molar-refractivity contribution in [2.24, 2.45) is 0 Å². The van der Waals surface area contributed by atoms with Crippen LogP contribution >= 0.6 is 0 Å². The molecule has 0 atom stereocenters. The van der Waals surface area contributed by atoms with Crippen molar-refractivity contribution in [2.45, 2.75) is 0 Å². The van der Waals surface area contributed by atoms with Crippen molar-refractivity contribution in [2.75, 3.05) is 0 Å². The van der Waals surface area contributed by atoms with Crippen molar-refractivity contribution in [3.05, 3.63) is 77.9 Å². The van der Waals surface area contributed by atoms with E-state index in [0.717, 1.165) is 22.4 Å². The predicted molar refractivity (Wildman–Crippen MR) is 92.2 cm³/mol. The van der Waals surface area contributed by atoms with Crippen LogP contribution in [0.3, 0.4) is 0 Å². The van der Waals surface area contributed by atoms with Gasteiger partial charge in [0.2, 0.25) is 15.8 Å². The summed E-state index contributed by atoms with van der Waals surface area (Å²) in [6.07, 6.45) is 1.66. The number of aromatic nitrogens is 1. The highest BCUT2D eigenvalue weighted by Crippen LogP contribution is 2.37. The Labute approximate surface area is 144 Å². The molecule has 0 bridgehead atoms. The van der Waals surface area contributed by atoms with E-state index in [2.05, 4.69) is 9.96 Å². The molecule has 0 saturated carbocycles. The lowest BCUT2D eigenvalue weighted by Gasteiger charge is -2.06. The van der Waals surface area contributed by atoms with Gasteiger partial charge in [-0.05, 0) is 5.56 Å². The largest absolute Gasteiger partial charge is 0.726 e. The minimum absolute atomic E-state index is 0.519. The second-order valence-corrected chi connectivity index (χ2v) is 5.67. The standard InChI is InChI=1S/C17H12N3.H2O4S/c18-20-15-11-12-19-17(14-9-5-2-6-10-14)16(15)13-7-3-1-4-8-13;1-5(2,3)4/h1-12H;(H2,1,2,3,4)/q+1;/p-1. The van der Waals surface area contributed by atoms with E-state index < -0.39 is 10.4 Å². The number of benzene rings is 2. The Hall–Kier alpha value is -3.12. The van der Waals surface area contributed by atoms with Gasteiger partial charge < -0.3 is 4.55 Å². The first-order valence-electron chi connectivity index (χ1n) is 7.03. The lowest BCUT2D eigenvalue weighted by Crippen LogP contribution is -1.90. The van der Waals surface area contributed by atoms with E-state index in [1.165, 1.54) is 0 Å². The number of diazo groups is 1. The van der Waals surface area contributed by atoms with Crippen LogP contribution in [0.1, 0.15) is 0 Å². The van der Waals surface area contributed by atoms with Gasteiger partial charge >= 0.3 is 5.69 Å². The van der Waals surface area contributed by atoms with Crippen molar-refractivity contribution in [1.82, 2.24) is 4.98 Å². The molecule has 0 saturated heterocycles. The van der Waals surface area contributed by atoms with Crippen LogP contribution in [0.5, 0.6) is 0 Å². The number of rotatable bonds is 2. The molecule has 0 unspecified atom stereocenters. The fourth-order valence-corrected chi connectivity index (χ4v) is 2.24. The zero-order valence-electron chi connectivity index (χ0n) is 12.9. The minimum Gasteiger partial charge on any atom is -0.726 e. The molecule has 126 valence electrons. The first-order chi connectivity index (χ1) is 11.9. The Morgan fingerprint density at radius 2 is 1.40 bits per heavy atom. The molecule has 0 amide bonds. The highest BCUT2D eigenvalue weighted by molar-refractivity contribution is 7.79. The Bertz CT molecular complexity index is 977. The van der Waals surface area contributed by atoms with Gasteiger partial charge in [0, 0.05) is 11.8 Å². The van der Waals surface area contributed by atoms with Crippen molar-refractivity contribution in [1.29, 1.82) is 5.39 Å². The Morgan fingerprint density at radius 1 is 0.920 bits per heavy atom. The highest BCUT2D eigenvalue weighted by Gasteiger charge is 2.21. The number of hydrogen-bond acceptors (Lipinski definition) is 5. The van der Waals surface area contributed by atoms with Crippen molar-refractivity contribution < 1.29 is 17.5 Å². The molecule has 1 aromatic heterocycles. The summed E-state index contributed by atoms with van der Waals surface area (Å²) in [7, 11) is -4.92. The van der Waals surface area contributed by atoms with Gasteiger partial charge in [0.1, 0.15) is 5.56 Å². The first kappa shape index (κ1) is 18.2. The quantitative estimate of drug-likeness (QED) is 0.423. The molecule has 0 aliphatic heterocycles. The minimum atomic E-state index is -4.92. The monoisotopic (exact) mass is 355 g/mol. The summed E-state index contributed by atoms with van der Waals surface area (Å²) in [5.74, 6) is 0. The molecule has 1 heterocycles. The third kappa shape index (κ3) is 5.47. The van der Waals surface area contributed by atoms with E-state index in [-0.39, 0.29) is 0 Å². The third-order valence-corrected chi connectivity index (χ3v) is 3.15. The Morgan fingerprint density at radius 3 is 1.88 bits per heavy atom. The first-order valence-corrected chi connectivity index (χ1v) is 8.40. The van der Waals surface area contributed by atoms with E-state index in [1.807, 2.05) is 60.7 Å². The predicted octanol–water partition coefficient (Wildman–Crippen LogP) is 3.90. The van der Waals surface area contributed by atoms with Crippen molar-refractivity contribution in [3.63, 3.8) is 0 Å². The molecule has 8 heteroatoms. The molecule has 0 spiro atoms. The number of hydrogen-bond donors (Lipinski definition) is 1. The van der Waals surface area contributed by atoms with Crippen LogP contribution in [0, 0.1) is 5.39 Å². The van der Waals surface area contributed by atoms with Crippen LogP contribution in [0.4, 0.5) is 5.69 Å². The molecule has 0 aliphatic rings. The molecule has 25 heavy (non-hydrogen) atoms. The smallest absolute Gasteiger partial charge is 0.396 e. The van der Waals surface area contributed by atoms with Crippen LogP contribution in [-0.4, -0.2) is 22.5 Å². The topological polar surface area (TPSA) is 118 Å². The summed E-state index contributed by atoms with van der Waals surface area (Å²) in [4.78, 5) is 7.86.